The fraction of sp³-hybridized carbons (Fsp3) is 0.259. The molecule has 0 aliphatic carbocycles. The van der Waals surface area contributed by atoms with Crippen LogP contribution in [0.4, 0.5) is 0 Å². The average Bonchev–Trinajstić information content (AvgIpc) is 2.74. The van der Waals surface area contributed by atoms with Gasteiger partial charge in [-0.3, -0.25) is 9.79 Å². The molecule has 0 saturated heterocycles. The Morgan fingerprint density at radius 3 is 2.00 bits per heavy atom. The maximum atomic E-state index is 12.8. The van der Waals surface area contributed by atoms with Crippen LogP contribution < -0.4 is 0 Å². The summed E-state index contributed by atoms with van der Waals surface area (Å²) in [5.74, 6) is -0.397. The molecule has 3 nitrogen and oxygen atoms in total. The van der Waals surface area contributed by atoms with Crippen LogP contribution in [-0.2, 0) is 9.53 Å². The largest absolute Gasteiger partial charge is 0.460 e. The number of carbonyl (C=O) groups excluding carboxylic acids is 1. The average molecular weight is 434 g/mol. The fourth-order valence-electron chi connectivity index (χ4n) is 3.46. The molecular weight excluding hydrogens is 406 g/mol. The number of hydrogen-bond acceptors (Lipinski definition) is 3. The zero-order valence-electron chi connectivity index (χ0n) is 18.2. The van der Waals surface area contributed by atoms with Crippen LogP contribution in [0.15, 0.2) is 89.9 Å². The molecule has 0 bridgehead atoms. The van der Waals surface area contributed by atoms with Crippen molar-refractivity contribution in [1.29, 1.82) is 0 Å². The zero-order valence-corrected chi connectivity index (χ0v) is 18.9. The van der Waals surface area contributed by atoms with Gasteiger partial charge in [0, 0.05) is 17.2 Å². The summed E-state index contributed by atoms with van der Waals surface area (Å²) < 4.78 is 5.65. The van der Waals surface area contributed by atoms with E-state index in [9.17, 15) is 4.79 Å². The predicted octanol–water partition coefficient (Wildman–Crippen LogP) is 7.02. The number of benzene rings is 3. The first-order valence-corrected chi connectivity index (χ1v) is 10.8. The van der Waals surface area contributed by atoms with Crippen LogP contribution in [0.3, 0.4) is 0 Å². The Balaban J connectivity index is 1.99. The molecule has 0 N–H and O–H groups in total. The Kier molecular flexibility index (Phi) is 7.64. The van der Waals surface area contributed by atoms with Gasteiger partial charge < -0.3 is 4.74 Å². The first kappa shape index (κ1) is 22.8. The molecule has 0 aliphatic heterocycles. The van der Waals surface area contributed by atoms with E-state index in [0.717, 1.165) is 16.7 Å². The molecule has 3 aromatic carbocycles. The molecule has 3 aromatic rings. The van der Waals surface area contributed by atoms with Crippen molar-refractivity contribution in [2.24, 2.45) is 4.99 Å². The fourth-order valence-corrected chi connectivity index (χ4v) is 3.59. The van der Waals surface area contributed by atoms with Crippen molar-refractivity contribution in [2.45, 2.75) is 44.8 Å². The summed E-state index contributed by atoms with van der Waals surface area (Å²) in [7, 11) is 0. The topological polar surface area (TPSA) is 38.7 Å². The third-order valence-corrected chi connectivity index (χ3v) is 5.06. The van der Waals surface area contributed by atoms with Crippen molar-refractivity contribution in [3.63, 3.8) is 0 Å². The minimum absolute atomic E-state index is 0.165. The summed E-state index contributed by atoms with van der Waals surface area (Å²) in [6.07, 6.45) is 2.08. The molecule has 0 fully saturated rings. The molecule has 0 heterocycles. The normalized spacial score (nSPS) is 13.7. The highest BCUT2D eigenvalue weighted by molar-refractivity contribution is 6.30. The maximum Gasteiger partial charge on any atom is 0.307 e. The lowest BCUT2D eigenvalue weighted by Crippen LogP contribution is -2.26. The highest BCUT2D eigenvalue weighted by Crippen LogP contribution is 2.37. The van der Waals surface area contributed by atoms with Gasteiger partial charge in [0.25, 0.3) is 0 Å². The zero-order chi connectivity index (χ0) is 22.3. The van der Waals surface area contributed by atoms with E-state index in [1.54, 1.807) is 0 Å². The number of carbonyl (C=O) groups is 1. The molecule has 0 radical (unpaired) electrons. The van der Waals surface area contributed by atoms with E-state index in [1.165, 1.54) is 0 Å². The molecular formula is C27H28ClNO2. The van der Waals surface area contributed by atoms with Gasteiger partial charge in [-0.1, -0.05) is 84.4 Å². The van der Waals surface area contributed by atoms with Gasteiger partial charge in [0.1, 0.15) is 5.60 Å². The molecule has 0 aromatic heterocycles. The molecule has 0 aliphatic rings. The second kappa shape index (κ2) is 10.4. The molecule has 4 heteroatoms. The third-order valence-electron chi connectivity index (χ3n) is 4.81. The predicted molar refractivity (Wildman–Crippen MR) is 128 cm³/mol. The minimum Gasteiger partial charge on any atom is -0.460 e. The van der Waals surface area contributed by atoms with Crippen LogP contribution in [-0.4, -0.2) is 17.8 Å². The molecule has 0 unspecified atom stereocenters. The highest BCUT2D eigenvalue weighted by atomic mass is 35.5. The van der Waals surface area contributed by atoms with Crippen molar-refractivity contribution in [1.82, 2.24) is 0 Å². The Hall–Kier alpha value is -2.91. The van der Waals surface area contributed by atoms with Crippen LogP contribution >= 0.6 is 11.6 Å². The van der Waals surface area contributed by atoms with Gasteiger partial charge in [-0.2, -0.15) is 0 Å². The number of aliphatic imine (C=N–C) groups is 1. The Bertz CT molecular complexity index is 993. The minimum atomic E-state index is -0.535. The molecule has 0 saturated carbocycles. The van der Waals surface area contributed by atoms with Crippen LogP contribution in [0.1, 0.15) is 55.8 Å². The van der Waals surface area contributed by atoms with Gasteiger partial charge in [-0.25, -0.2) is 0 Å². The highest BCUT2D eigenvalue weighted by Gasteiger charge is 2.29. The molecule has 0 amide bonds. The summed E-state index contributed by atoms with van der Waals surface area (Å²) in [6, 6.07) is 27.4. The van der Waals surface area contributed by atoms with E-state index >= 15 is 0 Å². The SMILES string of the molecule is CC(C)(C)OC(=O)C[C@H](c1ccccc1)[C@@H](N=Cc1ccc(Cl)cc1)c1ccccc1. The van der Waals surface area contributed by atoms with Gasteiger partial charge in [-0.05, 0) is 49.6 Å². The Morgan fingerprint density at radius 1 is 0.903 bits per heavy atom. The standard InChI is InChI=1S/C27H28ClNO2/c1-27(2,3)31-25(30)18-24(21-10-6-4-7-11-21)26(22-12-8-5-9-13-22)29-19-20-14-16-23(28)17-15-20/h4-17,19,24,26H,18H2,1-3H3/t24-,26+/m1/s1. The Morgan fingerprint density at radius 2 is 1.45 bits per heavy atom. The van der Waals surface area contributed by atoms with Crippen LogP contribution in [0, 0.1) is 0 Å². The summed E-state index contributed by atoms with van der Waals surface area (Å²) in [5, 5.41) is 0.684. The summed E-state index contributed by atoms with van der Waals surface area (Å²) in [5.41, 5.74) is 2.52. The molecule has 0 spiro atoms. The summed E-state index contributed by atoms with van der Waals surface area (Å²) >= 11 is 6.01. The summed E-state index contributed by atoms with van der Waals surface area (Å²) in [4.78, 5) is 17.7. The smallest absolute Gasteiger partial charge is 0.307 e. The van der Waals surface area contributed by atoms with Crippen molar-refractivity contribution in [3.8, 4) is 0 Å². The van der Waals surface area contributed by atoms with Gasteiger partial charge in [0.15, 0.2) is 0 Å². The van der Waals surface area contributed by atoms with Gasteiger partial charge in [0.2, 0.25) is 0 Å². The lowest BCUT2D eigenvalue weighted by molar-refractivity contribution is -0.155. The number of nitrogens with zero attached hydrogens (tertiary/aromatic N) is 1. The first-order chi connectivity index (χ1) is 14.8. The first-order valence-electron chi connectivity index (χ1n) is 10.4. The second-order valence-electron chi connectivity index (χ2n) is 8.49. The number of rotatable bonds is 7. The van der Waals surface area contributed by atoms with Crippen molar-refractivity contribution < 1.29 is 9.53 Å². The lowest BCUT2D eigenvalue weighted by atomic mass is 9.85. The molecule has 3 rings (SSSR count). The Labute approximate surface area is 189 Å². The summed E-state index contributed by atoms with van der Waals surface area (Å²) in [6.45, 7) is 5.65. The second-order valence-corrected chi connectivity index (χ2v) is 8.93. The molecule has 31 heavy (non-hydrogen) atoms. The van der Waals surface area contributed by atoms with Crippen molar-refractivity contribution in [2.75, 3.05) is 0 Å². The maximum absolute atomic E-state index is 12.8. The van der Waals surface area contributed by atoms with Crippen LogP contribution in [0.25, 0.3) is 0 Å². The monoisotopic (exact) mass is 433 g/mol. The van der Waals surface area contributed by atoms with Gasteiger partial charge in [-0.15, -0.1) is 0 Å². The van der Waals surface area contributed by atoms with Gasteiger partial charge in [0.05, 0.1) is 12.5 Å². The van der Waals surface area contributed by atoms with E-state index in [4.69, 9.17) is 21.3 Å². The number of esters is 1. The van der Waals surface area contributed by atoms with E-state index in [0.29, 0.717) is 5.02 Å². The number of ether oxygens (including phenoxy) is 1. The third kappa shape index (κ3) is 7.08. The lowest BCUT2D eigenvalue weighted by Gasteiger charge is -2.27. The molecule has 2 atom stereocenters. The van der Waals surface area contributed by atoms with Crippen LogP contribution in [0.2, 0.25) is 5.02 Å². The number of halogens is 1. The molecule has 160 valence electrons. The van der Waals surface area contributed by atoms with E-state index in [2.05, 4.69) is 12.1 Å². The van der Waals surface area contributed by atoms with E-state index in [1.807, 2.05) is 99.8 Å². The van der Waals surface area contributed by atoms with Gasteiger partial charge >= 0.3 is 5.97 Å². The quantitative estimate of drug-likeness (QED) is 0.296. The van der Waals surface area contributed by atoms with Crippen molar-refractivity contribution in [3.05, 3.63) is 107 Å². The van der Waals surface area contributed by atoms with E-state index < -0.39 is 5.60 Å². The van der Waals surface area contributed by atoms with E-state index in [-0.39, 0.29) is 24.3 Å². The van der Waals surface area contributed by atoms with Crippen molar-refractivity contribution >= 4 is 23.8 Å². The number of hydrogen-bond donors (Lipinski definition) is 0. The van der Waals surface area contributed by atoms with Crippen LogP contribution in [0.5, 0.6) is 0 Å².